The summed E-state index contributed by atoms with van der Waals surface area (Å²) in [6, 6.07) is 0. The first-order valence-corrected chi connectivity index (χ1v) is 8.74. The number of hydrogen-bond donors (Lipinski definition) is 1. The molecule has 21 heavy (non-hydrogen) atoms. The van der Waals surface area contributed by atoms with Gasteiger partial charge in [-0.3, -0.25) is 9.59 Å². The average Bonchev–Trinajstić information content (AvgIpc) is 2.84. The number of carbonyl (C=O) groups is 2. The Labute approximate surface area is 129 Å². The Hall–Kier alpha value is -1.06. The maximum atomic E-state index is 12.1. The topological polar surface area (TPSA) is 49.4 Å². The van der Waals surface area contributed by atoms with Crippen molar-refractivity contribution in [2.75, 3.05) is 19.6 Å². The van der Waals surface area contributed by atoms with Gasteiger partial charge < -0.3 is 10.2 Å². The van der Waals surface area contributed by atoms with Crippen LogP contribution in [0.3, 0.4) is 0 Å². The highest BCUT2D eigenvalue weighted by Gasteiger charge is 2.33. The number of likely N-dealkylation sites (tertiary alicyclic amines) is 1. The van der Waals surface area contributed by atoms with E-state index in [0.29, 0.717) is 13.0 Å². The van der Waals surface area contributed by atoms with Gasteiger partial charge in [-0.2, -0.15) is 0 Å². The van der Waals surface area contributed by atoms with Crippen LogP contribution >= 0.6 is 0 Å². The zero-order valence-electron chi connectivity index (χ0n) is 13.8. The van der Waals surface area contributed by atoms with Gasteiger partial charge in [0.15, 0.2) is 0 Å². The molecule has 1 aliphatic heterocycles. The van der Waals surface area contributed by atoms with Crippen molar-refractivity contribution in [1.29, 1.82) is 0 Å². The Bertz CT molecular complexity index is 318. The number of nitrogens with zero attached hydrogens (tertiary/aromatic N) is 1. The number of hydrogen-bond acceptors (Lipinski definition) is 2. The fourth-order valence-electron chi connectivity index (χ4n) is 2.80. The number of carbonyl (C=O) groups excluding carboxylic acids is 2. The normalized spacial score (nSPS) is 18.3. The molecule has 1 heterocycles. The molecule has 0 aromatic rings. The summed E-state index contributed by atoms with van der Waals surface area (Å²) in [6.07, 6.45) is 9.71. The lowest BCUT2D eigenvalue weighted by molar-refractivity contribution is -0.129. The predicted molar refractivity (Wildman–Crippen MR) is 86.0 cm³/mol. The molecule has 1 N–H and O–H groups in total. The Kier molecular flexibility index (Phi) is 9.11. The van der Waals surface area contributed by atoms with Crippen LogP contribution in [-0.4, -0.2) is 36.3 Å². The first kappa shape index (κ1) is 18.0. The highest BCUT2D eigenvalue weighted by atomic mass is 16.2. The van der Waals surface area contributed by atoms with E-state index in [1.807, 2.05) is 4.90 Å². The zero-order valence-corrected chi connectivity index (χ0v) is 13.8. The second-order valence-electron chi connectivity index (χ2n) is 6.15. The van der Waals surface area contributed by atoms with E-state index in [0.717, 1.165) is 25.9 Å². The van der Waals surface area contributed by atoms with E-state index in [9.17, 15) is 9.59 Å². The van der Waals surface area contributed by atoms with Gasteiger partial charge in [0.05, 0.1) is 5.92 Å². The Morgan fingerprint density at radius 2 is 1.76 bits per heavy atom. The molecule has 0 spiro atoms. The second-order valence-corrected chi connectivity index (χ2v) is 6.15. The van der Waals surface area contributed by atoms with Crippen LogP contribution in [0.1, 0.15) is 71.6 Å². The van der Waals surface area contributed by atoms with E-state index in [1.165, 1.54) is 38.5 Å². The van der Waals surface area contributed by atoms with Crippen molar-refractivity contribution in [2.24, 2.45) is 5.92 Å². The highest BCUT2D eigenvalue weighted by molar-refractivity contribution is 5.89. The standard InChI is InChI=1S/C17H32N2O2/c1-3-5-7-9-11-18-17(21)15-13-16(20)19(14-15)12-10-8-6-4-2/h15H,3-14H2,1-2H3,(H,18,21). The van der Waals surface area contributed by atoms with Gasteiger partial charge in [0.2, 0.25) is 11.8 Å². The van der Waals surface area contributed by atoms with E-state index in [-0.39, 0.29) is 17.7 Å². The third kappa shape index (κ3) is 6.96. The summed E-state index contributed by atoms with van der Waals surface area (Å²) >= 11 is 0. The molecule has 122 valence electrons. The minimum absolute atomic E-state index is 0.0657. The maximum absolute atomic E-state index is 12.1. The lowest BCUT2D eigenvalue weighted by atomic mass is 10.1. The molecule has 2 amide bonds. The highest BCUT2D eigenvalue weighted by Crippen LogP contribution is 2.18. The fourth-order valence-corrected chi connectivity index (χ4v) is 2.80. The van der Waals surface area contributed by atoms with Crippen LogP contribution in [0.2, 0.25) is 0 Å². The molecule has 1 fully saturated rings. The summed E-state index contributed by atoms with van der Waals surface area (Å²) in [7, 11) is 0. The van der Waals surface area contributed by atoms with Crippen molar-refractivity contribution in [3.05, 3.63) is 0 Å². The van der Waals surface area contributed by atoms with Gasteiger partial charge in [0.25, 0.3) is 0 Å². The van der Waals surface area contributed by atoms with Gasteiger partial charge in [-0.05, 0) is 12.8 Å². The molecule has 1 atom stereocenters. The average molecular weight is 296 g/mol. The molecule has 0 radical (unpaired) electrons. The first-order valence-electron chi connectivity index (χ1n) is 8.74. The monoisotopic (exact) mass is 296 g/mol. The third-order valence-corrected chi connectivity index (χ3v) is 4.20. The molecule has 4 heteroatoms. The van der Waals surface area contributed by atoms with Crippen LogP contribution in [0, 0.1) is 5.92 Å². The molecule has 0 aliphatic carbocycles. The number of unbranched alkanes of at least 4 members (excludes halogenated alkanes) is 6. The zero-order chi connectivity index (χ0) is 15.5. The summed E-state index contributed by atoms with van der Waals surface area (Å²) in [6.45, 7) is 6.55. The van der Waals surface area contributed by atoms with Gasteiger partial charge in [-0.15, -0.1) is 0 Å². The maximum Gasteiger partial charge on any atom is 0.225 e. The van der Waals surface area contributed by atoms with E-state index in [4.69, 9.17) is 0 Å². The van der Waals surface area contributed by atoms with E-state index in [2.05, 4.69) is 19.2 Å². The van der Waals surface area contributed by atoms with E-state index < -0.39 is 0 Å². The SMILES string of the molecule is CCCCCCNC(=O)C1CC(=O)N(CCCCCC)C1. The van der Waals surface area contributed by atoms with Crippen LogP contribution in [0.4, 0.5) is 0 Å². The van der Waals surface area contributed by atoms with Gasteiger partial charge in [-0.25, -0.2) is 0 Å². The van der Waals surface area contributed by atoms with Crippen LogP contribution in [-0.2, 0) is 9.59 Å². The van der Waals surface area contributed by atoms with Crippen LogP contribution < -0.4 is 5.32 Å². The summed E-state index contributed by atoms with van der Waals surface area (Å²) in [5.41, 5.74) is 0. The molecule has 1 saturated heterocycles. The number of nitrogens with one attached hydrogen (secondary N) is 1. The molecular formula is C17H32N2O2. The van der Waals surface area contributed by atoms with Crippen molar-refractivity contribution in [3.63, 3.8) is 0 Å². The van der Waals surface area contributed by atoms with E-state index in [1.54, 1.807) is 0 Å². The van der Waals surface area contributed by atoms with Crippen molar-refractivity contribution in [2.45, 2.75) is 71.6 Å². The van der Waals surface area contributed by atoms with Crippen molar-refractivity contribution in [3.8, 4) is 0 Å². The lowest BCUT2D eigenvalue weighted by Gasteiger charge is -2.16. The molecular weight excluding hydrogens is 264 g/mol. The molecule has 4 nitrogen and oxygen atoms in total. The van der Waals surface area contributed by atoms with Crippen LogP contribution in [0.25, 0.3) is 0 Å². The fraction of sp³-hybridized carbons (Fsp3) is 0.882. The first-order chi connectivity index (χ1) is 10.2. The van der Waals surface area contributed by atoms with Gasteiger partial charge in [-0.1, -0.05) is 52.4 Å². The quantitative estimate of drug-likeness (QED) is 0.596. The van der Waals surface area contributed by atoms with Gasteiger partial charge in [0.1, 0.15) is 0 Å². The van der Waals surface area contributed by atoms with Gasteiger partial charge in [0, 0.05) is 26.1 Å². The minimum atomic E-state index is -0.130. The summed E-state index contributed by atoms with van der Waals surface area (Å²) < 4.78 is 0. The Balaban J connectivity index is 2.18. The number of amides is 2. The molecule has 1 rings (SSSR count). The van der Waals surface area contributed by atoms with Crippen LogP contribution in [0.15, 0.2) is 0 Å². The molecule has 0 saturated carbocycles. The van der Waals surface area contributed by atoms with Crippen molar-refractivity contribution >= 4 is 11.8 Å². The van der Waals surface area contributed by atoms with Crippen LogP contribution in [0.5, 0.6) is 0 Å². The minimum Gasteiger partial charge on any atom is -0.356 e. The largest absolute Gasteiger partial charge is 0.356 e. The Morgan fingerprint density at radius 1 is 1.10 bits per heavy atom. The molecule has 1 aliphatic rings. The summed E-state index contributed by atoms with van der Waals surface area (Å²) in [5.74, 6) is 0.0865. The Morgan fingerprint density at radius 3 is 2.43 bits per heavy atom. The van der Waals surface area contributed by atoms with Crippen molar-refractivity contribution in [1.82, 2.24) is 10.2 Å². The second kappa shape index (κ2) is 10.6. The third-order valence-electron chi connectivity index (χ3n) is 4.20. The molecule has 0 bridgehead atoms. The molecule has 0 aromatic carbocycles. The van der Waals surface area contributed by atoms with E-state index >= 15 is 0 Å². The summed E-state index contributed by atoms with van der Waals surface area (Å²) in [5, 5.41) is 2.98. The molecule has 0 aromatic heterocycles. The lowest BCUT2D eigenvalue weighted by Crippen LogP contribution is -2.33. The molecule has 1 unspecified atom stereocenters. The predicted octanol–water partition coefficient (Wildman–Crippen LogP) is 3.11. The van der Waals surface area contributed by atoms with Gasteiger partial charge >= 0.3 is 0 Å². The smallest absolute Gasteiger partial charge is 0.225 e. The number of rotatable bonds is 11. The summed E-state index contributed by atoms with van der Waals surface area (Å²) in [4.78, 5) is 25.8. The van der Waals surface area contributed by atoms with Crippen molar-refractivity contribution < 1.29 is 9.59 Å².